The highest BCUT2D eigenvalue weighted by atomic mass is 16.5. The molecule has 0 aromatic rings. The van der Waals surface area contributed by atoms with E-state index in [0.717, 1.165) is 24.9 Å². The molecule has 1 unspecified atom stereocenters. The molecule has 0 radical (unpaired) electrons. The summed E-state index contributed by atoms with van der Waals surface area (Å²) in [5, 5.41) is 0. The first-order valence-corrected chi connectivity index (χ1v) is 6.98. The predicted octanol–water partition coefficient (Wildman–Crippen LogP) is 2.45. The van der Waals surface area contributed by atoms with Crippen molar-refractivity contribution in [2.75, 3.05) is 20.7 Å². The molecule has 17 heavy (non-hydrogen) atoms. The van der Waals surface area contributed by atoms with E-state index in [1.54, 1.807) is 19.0 Å². The monoisotopic (exact) mass is 239 g/mol. The van der Waals surface area contributed by atoms with Crippen molar-refractivity contribution in [2.24, 2.45) is 11.8 Å². The maximum absolute atomic E-state index is 11.4. The number of carbonyl (C=O) groups is 1. The Morgan fingerprint density at radius 2 is 1.88 bits per heavy atom. The molecule has 0 heterocycles. The highest BCUT2D eigenvalue weighted by Crippen LogP contribution is 2.44. The fourth-order valence-electron chi connectivity index (χ4n) is 3.34. The highest BCUT2D eigenvalue weighted by molar-refractivity contribution is 5.75. The van der Waals surface area contributed by atoms with E-state index in [2.05, 4.69) is 0 Å². The molecule has 0 bridgehead atoms. The van der Waals surface area contributed by atoms with Crippen molar-refractivity contribution in [3.05, 3.63) is 0 Å². The van der Waals surface area contributed by atoms with Crippen molar-refractivity contribution in [3.63, 3.8) is 0 Å². The summed E-state index contributed by atoms with van der Waals surface area (Å²) in [6.45, 7) is 0.754. The Kier molecular flexibility index (Phi) is 4.43. The summed E-state index contributed by atoms with van der Waals surface area (Å²) in [6.07, 6.45) is 8.78. The lowest BCUT2D eigenvalue weighted by Crippen LogP contribution is -2.22. The van der Waals surface area contributed by atoms with E-state index in [0.29, 0.717) is 12.5 Å². The fourth-order valence-corrected chi connectivity index (χ4v) is 3.34. The zero-order chi connectivity index (χ0) is 12.3. The van der Waals surface area contributed by atoms with Crippen molar-refractivity contribution < 1.29 is 9.53 Å². The fraction of sp³-hybridized carbons (Fsp3) is 0.929. The molecule has 3 atom stereocenters. The summed E-state index contributed by atoms with van der Waals surface area (Å²) < 4.78 is 5.90. The van der Waals surface area contributed by atoms with Crippen LogP contribution in [0.1, 0.15) is 44.9 Å². The van der Waals surface area contributed by atoms with Gasteiger partial charge >= 0.3 is 0 Å². The minimum absolute atomic E-state index is 0.205. The normalized spacial score (nSPS) is 31.5. The van der Waals surface area contributed by atoms with Crippen molar-refractivity contribution >= 4 is 5.91 Å². The van der Waals surface area contributed by atoms with Crippen LogP contribution in [0.5, 0.6) is 0 Å². The number of rotatable bonds is 5. The van der Waals surface area contributed by atoms with E-state index in [1.165, 1.54) is 32.1 Å². The minimum atomic E-state index is 0.205. The molecule has 0 aliphatic heterocycles. The van der Waals surface area contributed by atoms with Crippen LogP contribution in [-0.2, 0) is 9.53 Å². The van der Waals surface area contributed by atoms with Gasteiger partial charge in [-0.3, -0.25) is 4.79 Å². The Hall–Kier alpha value is -0.570. The van der Waals surface area contributed by atoms with Gasteiger partial charge in [0.15, 0.2) is 0 Å². The van der Waals surface area contributed by atoms with Crippen LogP contribution < -0.4 is 0 Å². The quantitative estimate of drug-likeness (QED) is 0.690. The molecule has 2 aliphatic carbocycles. The number of carbonyl (C=O) groups excluding carboxylic acids is 1. The molecule has 1 amide bonds. The lowest BCUT2D eigenvalue weighted by Gasteiger charge is -2.13. The maximum Gasteiger partial charge on any atom is 0.222 e. The first kappa shape index (κ1) is 12.9. The predicted molar refractivity (Wildman–Crippen MR) is 67.7 cm³/mol. The molecule has 3 heteroatoms. The average molecular weight is 239 g/mol. The van der Waals surface area contributed by atoms with E-state index in [4.69, 9.17) is 4.74 Å². The van der Waals surface area contributed by atoms with Crippen LogP contribution in [0.4, 0.5) is 0 Å². The molecule has 2 aliphatic rings. The SMILES string of the molecule is CN(C)C(=O)CCCOC1C[C@H]2CCC[C@H]2C1. The van der Waals surface area contributed by atoms with Gasteiger partial charge in [-0.2, -0.15) is 0 Å². The Morgan fingerprint density at radius 3 is 2.47 bits per heavy atom. The first-order chi connectivity index (χ1) is 8.16. The van der Waals surface area contributed by atoms with E-state index in [-0.39, 0.29) is 5.91 Å². The summed E-state index contributed by atoms with van der Waals surface area (Å²) >= 11 is 0. The van der Waals surface area contributed by atoms with E-state index >= 15 is 0 Å². The molecule has 2 saturated carbocycles. The molecular formula is C14H25NO2. The second-order valence-electron chi connectivity index (χ2n) is 5.81. The van der Waals surface area contributed by atoms with Gasteiger partial charge in [-0.05, 0) is 31.1 Å². The van der Waals surface area contributed by atoms with Gasteiger partial charge in [0, 0.05) is 27.1 Å². The van der Waals surface area contributed by atoms with Crippen LogP contribution in [0.2, 0.25) is 0 Å². The van der Waals surface area contributed by atoms with Crippen LogP contribution in [0.15, 0.2) is 0 Å². The third kappa shape index (κ3) is 3.44. The summed E-state index contributed by atoms with van der Waals surface area (Å²) in [5.74, 6) is 2.10. The van der Waals surface area contributed by atoms with Gasteiger partial charge in [0.1, 0.15) is 0 Å². The number of hydrogen-bond donors (Lipinski definition) is 0. The summed E-state index contributed by atoms with van der Waals surface area (Å²) in [7, 11) is 3.61. The van der Waals surface area contributed by atoms with Crippen LogP contribution in [0.3, 0.4) is 0 Å². The highest BCUT2D eigenvalue weighted by Gasteiger charge is 2.37. The Labute approximate surface area is 105 Å². The standard InChI is InChI=1S/C14H25NO2/c1-15(2)14(16)7-4-8-17-13-9-11-5-3-6-12(11)10-13/h11-13H,3-10H2,1-2H3/t11-,12+,13?. The third-order valence-electron chi connectivity index (χ3n) is 4.34. The van der Waals surface area contributed by atoms with Crippen LogP contribution in [0, 0.1) is 11.8 Å². The first-order valence-electron chi connectivity index (χ1n) is 6.98. The topological polar surface area (TPSA) is 29.5 Å². The summed E-state index contributed by atoms with van der Waals surface area (Å²) in [6, 6.07) is 0. The van der Waals surface area contributed by atoms with Gasteiger partial charge in [-0.25, -0.2) is 0 Å². The zero-order valence-electron chi connectivity index (χ0n) is 11.2. The molecule has 0 aromatic carbocycles. The molecule has 0 saturated heterocycles. The summed E-state index contributed by atoms with van der Waals surface area (Å²) in [5.41, 5.74) is 0. The van der Waals surface area contributed by atoms with Gasteiger partial charge in [-0.1, -0.05) is 19.3 Å². The smallest absolute Gasteiger partial charge is 0.222 e. The van der Waals surface area contributed by atoms with E-state index in [9.17, 15) is 4.79 Å². The number of ether oxygens (including phenoxy) is 1. The van der Waals surface area contributed by atoms with Crippen LogP contribution >= 0.6 is 0 Å². The maximum atomic E-state index is 11.4. The van der Waals surface area contributed by atoms with Gasteiger partial charge in [0.2, 0.25) is 5.91 Å². The molecule has 2 fully saturated rings. The zero-order valence-corrected chi connectivity index (χ0v) is 11.2. The van der Waals surface area contributed by atoms with Crippen LogP contribution in [0.25, 0.3) is 0 Å². The van der Waals surface area contributed by atoms with Crippen molar-refractivity contribution in [3.8, 4) is 0 Å². The summed E-state index contributed by atoms with van der Waals surface area (Å²) in [4.78, 5) is 13.0. The number of fused-ring (bicyclic) bond motifs is 1. The molecule has 98 valence electrons. The average Bonchev–Trinajstić information content (AvgIpc) is 2.83. The van der Waals surface area contributed by atoms with E-state index in [1.807, 2.05) is 0 Å². The lowest BCUT2D eigenvalue weighted by molar-refractivity contribution is -0.129. The second-order valence-corrected chi connectivity index (χ2v) is 5.81. The molecule has 2 rings (SSSR count). The molecule has 0 spiro atoms. The number of amides is 1. The van der Waals surface area contributed by atoms with Gasteiger partial charge in [0.05, 0.1) is 6.10 Å². The van der Waals surface area contributed by atoms with Crippen molar-refractivity contribution in [1.29, 1.82) is 0 Å². The van der Waals surface area contributed by atoms with E-state index < -0.39 is 0 Å². The molecular weight excluding hydrogens is 214 g/mol. The lowest BCUT2D eigenvalue weighted by atomic mass is 10.0. The van der Waals surface area contributed by atoms with Crippen LogP contribution in [-0.4, -0.2) is 37.6 Å². The third-order valence-corrected chi connectivity index (χ3v) is 4.34. The molecule has 0 N–H and O–H groups in total. The Morgan fingerprint density at radius 1 is 1.24 bits per heavy atom. The van der Waals surface area contributed by atoms with Gasteiger partial charge in [0.25, 0.3) is 0 Å². The Bertz CT molecular complexity index is 253. The molecule has 3 nitrogen and oxygen atoms in total. The minimum Gasteiger partial charge on any atom is -0.378 e. The largest absolute Gasteiger partial charge is 0.378 e. The van der Waals surface area contributed by atoms with Crippen molar-refractivity contribution in [2.45, 2.75) is 51.0 Å². The van der Waals surface area contributed by atoms with Gasteiger partial charge < -0.3 is 9.64 Å². The molecule has 0 aromatic heterocycles. The number of hydrogen-bond acceptors (Lipinski definition) is 2. The number of nitrogens with zero attached hydrogens (tertiary/aromatic N) is 1. The Balaban J connectivity index is 1.56. The van der Waals surface area contributed by atoms with Crippen molar-refractivity contribution in [1.82, 2.24) is 4.90 Å². The second kappa shape index (κ2) is 5.85. The van der Waals surface area contributed by atoms with Gasteiger partial charge in [-0.15, -0.1) is 0 Å².